The first kappa shape index (κ1) is 14.6. The maximum atomic E-state index is 11.6. The van der Waals surface area contributed by atoms with Crippen LogP contribution >= 0.6 is 0 Å². The standard InChI is InChI=1S/C17H25NO3/c1-3-6-17(16(19)20)7-8-18(11-17)10-13-4-5-15(21-13)14-9-12(14)2/h4-5,12,14H,3,6-11H2,1-2H3,(H,19,20). The van der Waals surface area contributed by atoms with Gasteiger partial charge in [-0.1, -0.05) is 20.3 Å². The molecular weight excluding hydrogens is 266 g/mol. The predicted molar refractivity (Wildman–Crippen MR) is 80.1 cm³/mol. The van der Waals surface area contributed by atoms with E-state index in [0.29, 0.717) is 12.5 Å². The van der Waals surface area contributed by atoms with Crippen LogP contribution in [0.2, 0.25) is 0 Å². The van der Waals surface area contributed by atoms with Gasteiger partial charge in [0.1, 0.15) is 11.5 Å². The molecular formula is C17H25NO3. The molecule has 4 nitrogen and oxygen atoms in total. The largest absolute Gasteiger partial charge is 0.481 e. The Morgan fingerprint density at radius 2 is 2.29 bits per heavy atom. The Bertz CT molecular complexity index is 524. The van der Waals surface area contributed by atoms with E-state index in [9.17, 15) is 9.90 Å². The molecule has 3 rings (SSSR count). The van der Waals surface area contributed by atoms with Crippen LogP contribution in [0.1, 0.15) is 57.0 Å². The number of aliphatic carboxylic acids is 1. The minimum atomic E-state index is -0.640. The highest BCUT2D eigenvalue weighted by Crippen LogP contribution is 2.47. The van der Waals surface area contributed by atoms with Crippen LogP contribution in [0.15, 0.2) is 16.5 Å². The lowest BCUT2D eigenvalue weighted by Gasteiger charge is -2.23. The topological polar surface area (TPSA) is 53.7 Å². The highest BCUT2D eigenvalue weighted by Gasteiger charge is 2.44. The van der Waals surface area contributed by atoms with Crippen LogP contribution in [0.25, 0.3) is 0 Å². The maximum absolute atomic E-state index is 11.6. The van der Waals surface area contributed by atoms with E-state index >= 15 is 0 Å². The van der Waals surface area contributed by atoms with E-state index in [-0.39, 0.29) is 0 Å². The first-order valence-electron chi connectivity index (χ1n) is 8.08. The Morgan fingerprint density at radius 1 is 1.52 bits per heavy atom. The zero-order valence-electron chi connectivity index (χ0n) is 13.0. The van der Waals surface area contributed by atoms with Crippen molar-refractivity contribution in [1.82, 2.24) is 4.90 Å². The van der Waals surface area contributed by atoms with Gasteiger partial charge in [0.25, 0.3) is 0 Å². The fraction of sp³-hybridized carbons (Fsp3) is 0.706. The third kappa shape index (κ3) is 2.86. The summed E-state index contributed by atoms with van der Waals surface area (Å²) in [5.74, 6) is 2.80. The van der Waals surface area contributed by atoms with Crippen LogP contribution in [0.3, 0.4) is 0 Å². The van der Waals surface area contributed by atoms with E-state index in [4.69, 9.17) is 4.42 Å². The number of rotatable bonds is 6. The number of likely N-dealkylation sites (tertiary alicyclic amines) is 1. The summed E-state index contributed by atoms with van der Waals surface area (Å²) in [7, 11) is 0. The third-order valence-corrected chi connectivity index (χ3v) is 5.15. The van der Waals surface area contributed by atoms with E-state index in [1.807, 2.05) is 0 Å². The zero-order chi connectivity index (χ0) is 15.0. The molecule has 1 N–H and O–H groups in total. The summed E-state index contributed by atoms with van der Waals surface area (Å²) in [5, 5.41) is 9.54. The number of furan rings is 1. The monoisotopic (exact) mass is 291 g/mol. The van der Waals surface area contributed by atoms with Crippen molar-refractivity contribution in [1.29, 1.82) is 0 Å². The van der Waals surface area contributed by atoms with E-state index < -0.39 is 11.4 Å². The third-order valence-electron chi connectivity index (χ3n) is 5.15. The smallest absolute Gasteiger partial charge is 0.310 e. The maximum Gasteiger partial charge on any atom is 0.310 e. The van der Waals surface area contributed by atoms with E-state index in [1.54, 1.807) is 0 Å². The molecule has 2 heterocycles. The molecule has 0 aromatic carbocycles. The van der Waals surface area contributed by atoms with Gasteiger partial charge >= 0.3 is 5.97 Å². The average molecular weight is 291 g/mol. The first-order valence-corrected chi connectivity index (χ1v) is 8.08. The van der Waals surface area contributed by atoms with Crippen molar-refractivity contribution in [2.45, 2.75) is 52.0 Å². The minimum absolute atomic E-state index is 0.546. The molecule has 1 saturated heterocycles. The fourth-order valence-electron chi connectivity index (χ4n) is 3.68. The van der Waals surface area contributed by atoms with Crippen molar-refractivity contribution >= 4 is 5.97 Å². The number of hydrogen-bond acceptors (Lipinski definition) is 3. The average Bonchev–Trinajstić information content (AvgIpc) is 2.87. The van der Waals surface area contributed by atoms with Crippen molar-refractivity contribution in [3.8, 4) is 0 Å². The molecule has 3 atom stereocenters. The zero-order valence-corrected chi connectivity index (χ0v) is 13.0. The second-order valence-electron chi connectivity index (χ2n) is 6.92. The molecule has 116 valence electrons. The number of hydrogen-bond donors (Lipinski definition) is 1. The van der Waals surface area contributed by atoms with Crippen molar-refractivity contribution in [3.05, 3.63) is 23.7 Å². The summed E-state index contributed by atoms with van der Waals surface area (Å²) in [6, 6.07) is 4.15. The summed E-state index contributed by atoms with van der Waals surface area (Å²) < 4.78 is 5.94. The Kier molecular flexibility index (Phi) is 3.82. The normalized spacial score (nSPS) is 32.5. The van der Waals surface area contributed by atoms with Crippen molar-refractivity contribution in [2.24, 2.45) is 11.3 Å². The fourth-order valence-corrected chi connectivity index (χ4v) is 3.68. The molecule has 2 fully saturated rings. The number of nitrogens with zero attached hydrogens (tertiary/aromatic N) is 1. The van der Waals surface area contributed by atoms with Gasteiger partial charge in [0, 0.05) is 12.5 Å². The van der Waals surface area contributed by atoms with Crippen molar-refractivity contribution in [2.75, 3.05) is 13.1 Å². The minimum Gasteiger partial charge on any atom is -0.481 e. The van der Waals surface area contributed by atoms with Crippen LogP contribution < -0.4 is 0 Å². The van der Waals surface area contributed by atoms with Gasteiger partial charge in [-0.15, -0.1) is 0 Å². The summed E-state index contributed by atoms with van der Waals surface area (Å²) in [6.45, 7) is 6.54. The highest BCUT2D eigenvalue weighted by atomic mass is 16.4. The Morgan fingerprint density at radius 3 is 2.90 bits per heavy atom. The number of carboxylic acid groups (broad SMARTS) is 1. The molecule has 21 heavy (non-hydrogen) atoms. The molecule has 2 aliphatic rings. The van der Waals surface area contributed by atoms with Gasteiger partial charge in [-0.3, -0.25) is 9.69 Å². The van der Waals surface area contributed by atoms with Crippen LogP contribution in [-0.4, -0.2) is 29.1 Å². The van der Waals surface area contributed by atoms with Gasteiger partial charge in [0.2, 0.25) is 0 Å². The SMILES string of the molecule is CCCC1(C(=O)O)CCN(Cc2ccc(C3CC3C)o2)C1. The van der Waals surface area contributed by atoms with Gasteiger partial charge in [-0.05, 0) is 43.9 Å². The number of carboxylic acids is 1. The van der Waals surface area contributed by atoms with Gasteiger partial charge in [-0.2, -0.15) is 0 Å². The lowest BCUT2D eigenvalue weighted by Crippen LogP contribution is -2.34. The molecule has 4 heteroatoms. The van der Waals surface area contributed by atoms with Gasteiger partial charge in [0.05, 0.1) is 12.0 Å². The first-order chi connectivity index (χ1) is 10.0. The van der Waals surface area contributed by atoms with Gasteiger partial charge in [-0.25, -0.2) is 0 Å². The Balaban J connectivity index is 1.61. The molecule has 1 saturated carbocycles. The van der Waals surface area contributed by atoms with Crippen LogP contribution in [0.4, 0.5) is 0 Å². The quantitative estimate of drug-likeness (QED) is 0.872. The number of carbonyl (C=O) groups is 1. The van der Waals surface area contributed by atoms with Crippen molar-refractivity contribution in [3.63, 3.8) is 0 Å². The molecule has 3 unspecified atom stereocenters. The summed E-state index contributed by atoms with van der Waals surface area (Å²) in [6.07, 6.45) is 3.67. The summed E-state index contributed by atoms with van der Waals surface area (Å²) in [4.78, 5) is 13.8. The van der Waals surface area contributed by atoms with Crippen LogP contribution in [0, 0.1) is 11.3 Å². The van der Waals surface area contributed by atoms with Crippen LogP contribution in [-0.2, 0) is 11.3 Å². The van der Waals surface area contributed by atoms with E-state index in [1.165, 1.54) is 6.42 Å². The molecule has 0 amide bonds. The second kappa shape index (κ2) is 5.48. The van der Waals surface area contributed by atoms with Crippen LogP contribution in [0.5, 0.6) is 0 Å². The summed E-state index contributed by atoms with van der Waals surface area (Å²) in [5.41, 5.74) is -0.546. The van der Waals surface area contributed by atoms with Gasteiger partial charge < -0.3 is 9.52 Å². The molecule has 1 aromatic rings. The Hall–Kier alpha value is -1.29. The molecule has 1 aromatic heterocycles. The highest BCUT2D eigenvalue weighted by molar-refractivity contribution is 5.75. The second-order valence-corrected chi connectivity index (χ2v) is 6.92. The molecule has 1 aliphatic carbocycles. The van der Waals surface area contributed by atoms with Crippen molar-refractivity contribution < 1.29 is 14.3 Å². The molecule has 0 bridgehead atoms. The summed E-state index contributed by atoms with van der Waals surface area (Å²) >= 11 is 0. The van der Waals surface area contributed by atoms with E-state index in [2.05, 4.69) is 30.9 Å². The molecule has 0 radical (unpaired) electrons. The van der Waals surface area contributed by atoms with Gasteiger partial charge in [0.15, 0.2) is 0 Å². The lowest BCUT2D eigenvalue weighted by atomic mass is 9.83. The Labute approximate surface area is 126 Å². The predicted octanol–water partition coefficient (Wildman–Crippen LogP) is 3.48. The lowest BCUT2D eigenvalue weighted by molar-refractivity contribution is -0.148. The molecule has 1 aliphatic heterocycles. The van der Waals surface area contributed by atoms with E-state index in [0.717, 1.165) is 49.8 Å². The molecule has 0 spiro atoms.